The Morgan fingerprint density at radius 1 is 1.24 bits per heavy atom. The van der Waals surface area contributed by atoms with Gasteiger partial charge in [-0.15, -0.1) is 0 Å². The van der Waals surface area contributed by atoms with Gasteiger partial charge in [0, 0.05) is 24.7 Å². The van der Waals surface area contributed by atoms with Crippen LogP contribution in [0.2, 0.25) is 0 Å². The highest BCUT2D eigenvalue weighted by Gasteiger charge is 2.10. The Morgan fingerprint density at radius 3 is 2.76 bits per heavy atom. The minimum Gasteiger partial charge on any atom is -0.490 e. The SMILES string of the molecule is OCC(O)CNc1ccc2c(c1)OCCCO2. The van der Waals surface area contributed by atoms with E-state index in [0.717, 1.165) is 17.9 Å². The summed E-state index contributed by atoms with van der Waals surface area (Å²) in [4.78, 5) is 0. The first-order valence-corrected chi connectivity index (χ1v) is 5.72. The van der Waals surface area contributed by atoms with Gasteiger partial charge in [-0.2, -0.15) is 0 Å². The number of benzene rings is 1. The van der Waals surface area contributed by atoms with Crippen molar-refractivity contribution in [1.82, 2.24) is 0 Å². The summed E-state index contributed by atoms with van der Waals surface area (Å²) in [5, 5.41) is 21.0. The lowest BCUT2D eigenvalue weighted by Gasteiger charge is -2.12. The van der Waals surface area contributed by atoms with E-state index in [9.17, 15) is 5.11 Å². The van der Waals surface area contributed by atoms with E-state index in [1.165, 1.54) is 0 Å². The smallest absolute Gasteiger partial charge is 0.163 e. The molecule has 5 nitrogen and oxygen atoms in total. The zero-order chi connectivity index (χ0) is 12.1. The molecule has 1 aromatic rings. The molecule has 0 amide bonds. The van der Waals surface area contributed by atoms with E-state index < -0.39 is 6.10 Å². The first-order chi connectivity index (χ1) is 8.29. The molecule has 0 bridgehead atoms. The number of aliphatic hydroxyl groups excluding tert-OH is 2. The Bertz CT molecular complexity index is 370. The average Bonchev–Trinajstić information content (AvgIpc) is 2.60. The molecule has 1 unspecified atom stereocenters. The third kappa shape index (κ3) is 3.25. The van der Waals surface area contributed by atoms with Crippen LogP contribution >= 0.6 is 0 Å². The zero-order valence-electron chi connectivity index (χ0n) is 9.56. The number of hydrogen-bond donors (Lipinski definition) is 3. The number of anilines is 1. The lowest BCUT2D eigenvalue weighted by atomic mass is 10.2. The number of aliphatic hydroxyl groups is 2. The van der Waals surface area contributed by atoms with Gasteiger partial charge in [0.25, 0.3) is 0 Å². The van der Waals surface area contributed by atoms with Crippen LogP contribution in [0.25, 0.3) is 0 Å². The molecule has 1 aliphatic rings. The van der Waals surface area contributed by atoms with Crippen molar-refractivity contribution in [2.24, 2.45) is 0 Å². The molecule has 0 fully saturated rings. The first kappa shape index (κ1) is 12.0. The minimum absolute atomic E-state index is 0.252. The lowest BCUT2D eigenvalue weighted by Crippen LogP contribution is -2.22. The largest absolute Gasteiger partial charge is 0.490 e. The van der Waals surface area contributed by atoms with E-state index in [0.29, 0.717) is 25.5 Å². The molecule has 1 atom stereocenters. The Kier molecular flexibility index (Phi) is 4.06. The van der Waals surface area contributed by atoms with Crippen LogP contribution in [0, 0.1) is 0 Å². The van der Waals surface area contributed by atoms with Crippen molar-refractivity contribution < 1.29 is 19.7 Å². The summed E-state index contributed by atoms with van der Waals surface area (Å²) < 4.78 is 11.1. The summed E-state index contributed by atoms with van der Waals surface area (Å²) >= 11 is 0. The van der Waals surface area contributed by atoms with Gasteiger partial charge in [0.2, 0.25) is 0 Å². The maximum absolute atomic E-state index is 9.23. The normalized spacial score (nSPS) is 16.1. The van der Waals surface area contributed by atoms with Crippen molar-refractivity contribution in [3.05, 3.63) is 18.2 Å². The van der Waals surface area contributed by atoms with Gasteiger partial charge in [0.1, 0.15) is 0 Å². The molecule has 1 aromatic carbocycles. The summed E-state index contributed by atoms with van der Waals surface area (Å²) in [7, 11) is 0. The van der Waals surface area contributed by atoms with Gasteiger partial charge in [0.15, 0.2) is 11.5 Å². The van der Waals surface area contributed by atoms with Crippen LogP contribution in [0.3, 0.4) is 0 Å². The molecule has 1 heterocycles. The molecule has 1 aliphatic heterocycles. The van der Waals surface area contributed by atoms with Gasteiger partial charge < -0.3 is 25.0 Å². The number of rotatable bonds is 4. The maximum atomic E-state index is 9.23. The first-order valence-electron chi connectivity index (χ1n) is 5.72. The lowest BCUT2D eigenvalue weighted by molar-refractivity contribution is 0.105. The fraction of sp³-hybridized carbons (Fsp3) is 0.500. The van der Waals surface area contributed by atoms with E-state index >= 15 is 0 Å². The predicted molar refractivity (Wildman–Crippen MR) is 63.6 cm³/mol. The Labute approximate surface area is 100.0 Å². The second kappa shape index (κ2) is 5.75. The summed E-state index contributed by atoms with van der Waals surface area (Å²) in [6.45, 7) is 1.37. The highest BCUT2D eigenvalue weighted by Crippen LogP contribution is 2.32. The van der Waals surface area contributed by atoms with E-state index in [1.54, 1.807) is 0 Å². The summed E-state index contributed by atoms with van der Waals surface area (Å²) in [6.07, 6.45) is 0.117. The molecule has 94 valence electrons. The number of hydrogen-bond acceptors (Lipinski definition) is 5. The monoisotopic (exact) mass is 239 g/mol. The molecule has 0 radical (unpaired) electrons. The second-order valence-electron chi connectivity index (χ2n) is 3.93. The molecule has 17 heavy (non-hydrogen) atoms. The molecule has 3 N–H and O–H groups in total. The third-order valence-corrected chi connectivity index (χ3v) is 2.50. The van der Waals surface area contributed by atoms with Crippen molar-refractivity contribution in [3.63, 3.8) is 0 Å². The second-order valence-corrected chi connectivity index (χ2v) is 3.93. The van der Waals surface area contributed by atoms with Crippen molar-refractivity contribution >= 4 is 5.69 Å². The van der Waals surface area contributed by atoms with Gasteiger partial charge in [-0.25, -0.2) is 0 Å². The standard InChI is InChI=1S/C12H17NO4/c14-8-10(15)7-13-9-2-3-11-12(6-9)17-5-1-4-16-11/h2-3,6,10,13-15H,1,4-5,7-8H2. The van der Waals surface area contributed by atoms with Crippen molar-refractivity contribution in [3.8, 4) is 11.5 Å². The summed E-state index contributed by atoms with van der Waals surface area (Å²) in [6, 6.07) is 5.54. The van der Waals surface area contributed by atoms with Gasteiger partial charge in [-0.3, -0.25) is 0 Å². The van der Waals surface area contributed by atoms with Crippen LogP contribution < -0.4 is 14.8 Å². The van der Waals surface area contributed by atoms with Gasteiger partial charge >= 0.3 is 0 Å². The van der Waals surface area contributed by atoms with Crippen LogP contribution in [0.1, 0.15) is 6.42 Å². The molecular formula is C12H17NO4. The summed E-state index contributed by atoms with van der Waals surface area (Å²) in [5.74, 6) is 1.46. The van der Waals surface area contributed by atoms with Gasteiger partial charge in [-0.1, -0.05) is 0 Å². The van der Waals surface area contributed by atoms with Crippen LogP contribution in [-0.4, -0.2) is 42.7 Å². The van der Waals surface area contributed by atoms with Crippen molar-refractivity contribution in [1.29, 1.82) is 0 Å². The fourth-order valence-electron chi connectivity index (χ4n) is 1.57. The quantitative estimate of drug-likeness (QED) is 0.718. The molecule has 0 aromatic heterocycles. The fourth-order valence-corrected chi connectivity index (χ4v) is 1.57. The molecule has 0 spiro atoms. The molecule has 5 heteroatoms. The zero-order valence-corrected chi connectivity index (χ0v) is 9.56. The van der Waals surface area contributed by atoms with Crippen LogP contribution in [-0.2, 0) is 0 Å². The van der Waals surface area contributed by atoms with Crippen molar-refractivity contribution in [2.75, 3.05) is 31.7 Å². The number of fused-ring (bicyclic) bond motifs is 1. The minimum atomic E-state index is -0.758. The van der Waals surface area contributed by atoms with Crippen molar-refractivity contribution in [2.45, 2.75) is 12.5 Å². The molecular weight excluding hydrogens is 222 g/mol. The maximum Gasteiger partial charge on any atom is 0.163 e. The topological polar surface area (TPSA) is 71.0 Å². The van der Waals surface area contributed by atoms with Gasteiger partial charge in [-0.05, 0) is 12.1 Å². The Balaban J connectivity index is 2.02. The van der Waals surface area contributed by atoms with Crippen LogP contribution in [0.5, 0.6) is 11.5 Å². The molecule has 0 saturated carbocycles. The highest BCUT2D eigenvalue weighted by molar-refractivity contribution is 5.55. The average molecular weight is 239 g/mol. The van der Waals surface area contributed by atoms with E-state index in [2.05, 4.69) is 5.32 Å². The third-order valence-electron chi connectivity index (χ3n) is 2.50. The highest BCUT2D eigenvalue weighted by atomic mass is 16.5. The molecule has 0 saturated heterocycles. The van der Waals surface area contributed by atoms with E-state index in [1.807, 2.05) is 18.2 Å². The Morgan fingerprint density at radius 2 is 2.00 bits per heavy atom. The van der Waals surface area contributed by atoms with E-state index in [4.69, 9.17) is 14.6 Å². The number of nitrogens with one attached hydrogen (secondary N) is 1. The Hall–Kier alpha value is -1.46. The van der Waals surface area contributed by atoms with Crippen LogP contribution in [0.4, 0.5) is 5.69 Å². The predicted octanol–water partition coefficient (Wildman–Crippen LogP) is 0.613. The number of ether oxygens (including phenoxy) is 2. The summed E-state index contributed by atoms with van der Waals surface area (Å²) in [5.41, 5.74) is 0.835. The van der Waals surface area contributed by atoms with Crippen LogP contribution in [0.15, 0.2) is 18.2 Å². The molecule has 0 aliphatic carbocycles. The van der Waals surface area contributed by atoms with E-state index in [-0.39, 0.29) is 6.61 Å². The van der Waals surface area contributed by atoms with Gasteiger partial charge in [0.05, 0.1) is 25.9 Å². The molecule has 2 rings (SSSR count).